The summed E-state index contributed by atoms with van der Waals surface area (Å²) in [6.45, 7) is 2.15. The van der Waals surface area contributed by atoms with Gasteiger partial charge in [-0.15, -0.1) is 0 Å². The molecule has 0 aliphatic rings. The van der Waals surface area contributed by atoms with Gasteiger partial charge in [0, 0.05) is 33.0 Å². The zero-order chi connectivity index (χ0) is 22.7. The lowest BCUT2D eigenvalue weighted by atomic mass is 9.90. The molecule has 0 bridgehead atoms. The number of aliphatic carboxylic acids is 1. The van der Waals surface area contributed by atoms with Gasteiger partial charge in [-0.2, -0.15) is 0 Å². The molecule has 0 radical (unpaired) electrons. The number of hydrogen-bond acceptors (Lipinski definition) is 5. The van der Waals surface area contributed by atoms with Gasteiger partial charge >= 0.3 is 5.97 Å². The summed E-state index contributed by atoms with van der Waals surface area (Å²) >= 11 is 0. The molecule has 3 amide bonds. The fourth-order valence-corrected chi connectivity index (χ4v) is 2.98. The van der Waals surface area contributed by atoms with E-state index in [0.29, 0.717) is 26.0 Å². The molecule has 0 aromatic heterocycles. The number of methoxy groups -OCH3 is 1. The van der Waals surface area contributed by atoms with E-state index in [1.165, 1.54) is 18.9 Å². The molecule has 9 heteroatoms. The lowest BCUT2D eigenvalue weighted by Gasteiger charge is -2.29. The lowest BCUT2D eigenvalue weighted by Crippen LogP contribution is -2.63. The van der Waals surface area contributed by atoms with Crippen LogP contribution in [0.5, 0.6) is 0 Å². The first-order valence-corrected chi connectivity index (χ1v) is 9.80. The second-order valence-electron chi connectivity index (χ2n) is 7.15. The fraction of sp³-hybridized carbons (Fsp3) is 0.524. The number of nitrogens with two attached hydrogens (primary N) is 1. The standard InChI is InChI=1S/C21H31N3O6/c1-4-21(19(22)27,20(28)29)23-18(26)16(11-10-15-8-6-5-7-9-15)14-17(25)24(2)12-13-30-3/h5-9,16H,4,10-14H2,1-3H3,(H2,22,27)(H,23,26)(H,28,29)/t16-,21-/m1/s1. The smallest absolute Gasteiger partial charge is 0.339 e. The van der Waals surface area contributed by atoms with E-state index in [9.17, 15) is 24.3 Å². The van der Waals surface area contributed by atoms with Crippen molar-refractivity contribution in [3.05, 3.63) is 35.9 Å². The van der Waals surface area contributed by atoms with Gasteiger partial charge in [-0.3, -0.25) is 14.4 Å². The van der Waals surface area contributed by atoms with Gasteiger partial charge in [-0.1, -0.05) is 37.3 Å². The predicted molar refractivity (Wildman–Crippen MR) is 110 cm³/mol. The van der Waals surface area contributed by atoms with Crippen LogP contribution in [0.15, 0.2) is 30.3 Å². The molecule has 4 N–H and O–H groups in total. The third kappa shape index (κ3) is 6.84. The average molecular weight is 421 g/mol. The van der Waals surface area contributed by atoms with Gasteiger partial charge in [0.25, 0.3) is 5.91 Å². The number of carbonyl (C=O) groups is 4. The zero-order valence-electron chi connectivity index (χ0n) is 17.7. The third-order valence-corrected chi connectivity index (χ3v) is 5.13. The molecule has 1 rings (SSSR count). The highest BCUT2D eigenvalue weighted by molar-refractivity contribution is 6.09. The summed E-state index contributed by atoms with van der Waals surface area (Å²) in [5.74, 6) is -4.49. The van der Waals surface area contributed by atoms with E-state index in [4.69, 9.17) is 10.5 Å². The van der Waals surface area contributed by atoms with Crippen molar-refractivity contribution >= 4 is 23.7 Å². The number of benzene rings is 1. The number of carbonyl (C=O) groups excluding carboxylic acids is 3. The molecule has 0 saturated carbocycles. The summed E-state index contributed by atoms with van der Waals surface area (Å²) in [4.78, 5) is 50.4. The largest absolute Gasteiger partial charge is 0.479 e. The first-order chi connectivity index (χ1) is 14.2. The third-order valence-electron chi connectivity index (χ3n) is 5.13. The number of carboxylic acid groups (broad SMARTS) is 1. The number of amides is 3. The van der Waals surface area contributed by atoms with Crippen molar-refractivity contribution in [1.29, 1.82) is 0 Å². The van der Waals surface area contributed by atoms with Crippen LogP contribution in [0, 0.1) is 5.92 Å². The first-order valence-electron chi connectivity index (χ1n) is 9.80. The van der Waals surface area contributed by atoms with Crippen LogP contribution in [0.4, 0.5) is 0 Å². The molecule has 0 unspecified atom stereocenters. The van der Waals surface area contributed by atoms with Crippen molar-refractivity contribution in [1.82, 2.24) is 10.2 Å². The number of aryl methyl sites for hydroxylation is 1. The summed E-state index contributed by atoms with van der Waals surface area (Å²) in [5.41, 5.74) is 4.04. The van der Waals surface area contributed by atoms with E-state index in [-0.39, 0.29) is 18.7 Å². The molecule has 0 saturated heterocycles. The van der Waals surface area contributed by atoms with Crippen molar-refractivity contribution in [2.75, 3.05) is 27.3 Å². The Morgan fingerprint density at radius 2 is 1.87 bits per heavy atom. The highest BCUT2D eigenvalue weighted by Crippen LogP contribution is 2.19. The summed E-state index contributed by atoms with van der Waals surface area (Å²) in [6, 6.07) is 9.41. The van der Waals surface area contributed by atoms with Crippen LogP contribution >= 0.6 is 0 Å². The summed E-state index contributed by atoms with van der Waals surface area (Å²) in [6.07, 6.45) is 0.474. The Hall–Kier alpha value is -2.94. The molecule has 0 aliphatic heterocycles. The Kier molecular flexibility index (Phi) is 9.97. The summed E-state index contributed by atoms with van der Waals surface area (Å²) in [7, 11) is 3.12. The predicted octanol–water partition coefficient (Wildman–Crippen LogP) is 0.565. The average Bonchev–Trinajstić information content (AvgIpc) is 2.72. The van der Waals surface area contributed by atoms with Crippen LogP contribution in [-0.4, -0.2) is 66.5 Å². The Morgan fingerprint density at radius 1 is 1.23 bits per heavy atom. The molecule has 1 aromatic carbocycles. The second kappa shape index (κ2) is 11.9. The van der Waals surface area contributed by atoms with Gasteiger partial charge in [0.2, 0.25) is 17.4 Å². The molecule has 0 heterocycles. The molecule has 1 aromatic rings. The molecule has 166 valence electrons. The van der Waals surface area contributed by atoms with E-state index in [1.807, 2.05) is 30.3 Å². The lowest BCUT2D eigenvalue weighted by molar-refractivity contribution is -0.153. The Bertz CT molecular complexity index is 724. The second-order valence-corrected chi connectivity index (χ2v) is 7.15. The van der Waals surface area contributed by atoms with Crippen molar-refractivity contribution in [3.8, 4) is 0 Å². The van der Waals surface area contributed by atoms with Gasteiger partial charge < -0.3 is 25.8 Å². The molecule has 0 fully saturated rings. The van der Waals surface area contributed by atoms with E-state index < -0.39 is 29.2 Å². The zero-order valence-corrected chi connectivity index (χ0v) is 17.7. The molecule has 30 heavy (non-hydrogen) atoms. The molecular weight excluding hydrogens is 390 g/mol. The van der Waals surface area contributed by atoms with Crippen LogP contribution in [0.25, 0.3) is 0 Å². The van der Waals surface area contributed by atoms with Gasteiger partial charge in [0.05, 0.1) is 6.61 Å². The number of hydrogen-bond donors (Lipinski definition) is 3. The minimum absolute atomic E-state index is 0.128. The Labute approximate surface area is 176 Å². The number of nitrogens with one attached hydrogen (secondary N) is 1. The fourth-order valence-electron chi connectivity index (χ4n) is 2.98. The molecule has 2 atom stereocenters. The van der Waals surface area contributed by atoms with E-state index >= 15 is 0 Å². The van der Waals surface area contributed by atoms with Crippen molar-refractivity contribution < 1.29 is 29.0 Å². The van der Waals surface area contributed by atoms with Crippen LogP contribution in [0.2, 0.25) is 0 Å². The van der Waals surface area contributed by atoms with Crippen molar-refractivity contribution in [3.63, 3.8) is 0 Å². The minimum Gasteiger partial charge on any atom is -0.479 e. The SMILES string of the molecule is CC[C@@](NC(=O)[C@H](CCc1ccccc1)CC(=O)N(C)CCOC)(C(N)=O)C(=O)O. The monoisotopic (exact) mass is 421 g/mol. The van der Waals surface area contributed by atoms with Crippen molar-refractivity contribution in [2.24, 2.45) is 11.7 Å². The van der Waals surface area contributed by atoms with Crippen LogP contribution in [-0.2, 0) is 30.3 Å². The number of nitrogens with zero attached hydrogens (tertiary/aromatic N) is 1. The van der Waals surface area contributed by atoms with Gasteiger partial charge in [0.15, 0.2) is 0 Å². The first kappa shape index (κ1) is 25.1. The number of rotatable bonds is 13. The maximum absolute atomic E-state index is 12.9. The number of likely N-dealkylation sites (N-methyl/N-ethyl adjacent to an activating group) is 1. The van der Waals surface area contributed by atoms with E-state index in [1.54, 1.807) is 7.05 Å². The number of carboxylic acids is 1. The molecular formula is C21H31N3O6. The quantitative estimate of drug-likeness (QED) is 0.398. The van der Waals surface area contributed by atoms with Crippen LogP contribution in [0.1, 0.15) is 31.7 Å². The van der Waals surface area contributed by atoms with E-state index in [2.05, 4.69) is 5.32 Å². The number of primary amides is 1. The van der Waals surface area contributed by atoms with Gasteiger partial charge in [-0.05, 0) is 24.8 Å². The van der Waals surface area contributed by atoms with Gasteiger partial charge in [-0.25, -0.2) is 4.79 Å². The highest BCUT2D eigenvalue weighted by Gasteiger charge is 2.45. The molecule has 0 spiro atoms. The maximum atomic E-state index is 12.9. The molecule has 0 aliphatic carbocycles. The molecule has 9 nitrogen and oxygen atoms in total. The minimum atomic E-state index is -2.22. The summed E-state index contributed by atoms with van der Waals surface area (Å²) in [5, 5.41) is 11.8. The topological polar surface area (TPSA) is 139 Å². The van der Waals surface area contributed by atoms with Crippen LogP contribution < -0.4 is 11.1 Å². The Balaban J connectivity index is 3.02. The van der Waals surface area contributed by atoms with Crippen LogP contribution in [0.3, 0.4) is 0 Å². The summed E-state index contributed by atoms with van der Waals surface area (Å²) < 4.78 is 4.96. The normalized spacial score (nSPS) is 13.7. The van der Waals surface area contributed by atoms with Gasteiger partial charge in [0.1, 0.15) is 0 Å². The maximum Gasteiger partial charge on any atom is 0.339 e. The van der Waals surface area contributed by atoms with E-state index in [0.717, 1.165) is 5.56 Å². The Morgan fingerprint density at radius 3 is 2.37 bits per heavy atom. The highest BCUT2D eigenvalue weighted by atomic mass is 16.5. The number of ether oxygens (including phenoxy) is 1. The van der Waals surface area contributed by atoms with Crippen molar-refractivity contribution in [2.45, 2.75) is 38.1 Å².